The van der Waals surface area contributed by atoms with Crippen LogP contribution < -0.4 is 10.2 Å². The van der Waals surface area contributed by atoms with Crippen molar-refractivity contribution in [3.63, 3.8) is 0 Å². The van der Waals surface area contributed by atoms with Gasteiger partial charge in [0.1, 0.15) is 11.6 Å². The van der Waals surface area contributed by atoms with Gasteiger partial charge in [-0.3, -0.25) is 0 Å². The predicted octanol–water partition coefficient (Wildman–Crippen LogP) is 0.782. The number of hydrogen-bond donors (Lipinski definition) is 1. The van der Waals surface area contributed by atoms with E-state index in [4.69, 9.17) is 9.97 Å². The summed E-state index contributed by atoms with van der Waals surface area (Å²) in [6.45, 7) is 3.00. The first-order valence-corrected chi connectivity index (χ1v) is 10.8. The number of aromatic nitrogens is 2. The molecular formula is C17H30N6O2S. The van der Waals surface area contributed by atoms with Gasteiger partial charge in [-0.25, -0.2) is 9.97 Å². The van der Waals surface area contributed by atoms with Gasteiger partial charge in [0, 0.05) is 58.8 Å². The van der Waals surface area contributed by atoms with Gasteiger partial charge in [0.25, 0.3) is 10.2 Å². The van der Waals surface area contributed by atoms with Crippen LogP contribution in [-0.4, -0.2) is 74.3 Å². The molecule has 0 spiro atoms. The summed E-state index contributed by atoms with van der Waals surface area (Å²) in [6.07, 6.45) is 3.67. The van der Waals surface area contributed by atoms with Gasteiger partial charge in [-0.1, -0.05) is 0 Å². The first kappa shape index (κ1) is 19.5. The molecule has 8 nitrogen and oxygen atoms in total. The van der Waals surface area contributed by atoms with E-state index in [2.05, 4.69) is 5.32 Å². The minimum Gasteiger partial charge on any atom is -0.363 e. The van der Waals surface area contributed by atoms with Crippen LogP contribution in [-0.2, 0) is 16.8 Å². The molecule has 2 aliphatic rings. The highest BCUT2D eigenvalue weighted by Crippen LogP contribution is 2.29. The number of nitrogens with one attached hydrogen (secondary N) is 1. The summed E-state index contributed by atoms with van der Waals surface area (Å²) in [4.78, 5) is 11.4. The van der Waals surface area contributed by atoms with E-state index < -0.39 is 10.2 Å². The Labute approximate surface area is 156 Å². The van der Waals surface area contributed by atoms with Gasteiger partial charge in [0.15, 0.2) is 0 Å². The van der Waals surface area contributed by atoms with Crippen LogP contribution >= 0.6 is 0 Å². The lowest BCUT2D eigenvalue weighted by Crippen LogP contribution is -2.46. The lowest BCUT2D eigenvalue weighted by Gasteiger charge is -2.34. The fraction of sp³-hybridized carbons (Fsp3) is 0.765. The zero-order valence-corrected chi connectivity index (χ0v) is 16.8. The van der Waals surface area contributed by atoms with Gasteiger partial charge >= 0.3 is 0 Å². The quantitative estimate of drug-likeness (QED) is 0.783. The zero-order valence-electron chi connectivity index (χ0n) is 16.0. The van der Waals surface area contributed by atoms with E-state index in [9.17, 15) is 8.42 Å². The molecule has 1 aromatic heterocycles. The number of anilines is 1. The van der Waals surface area contributed by atoms with Crippen LogP contribution in [0.15, 0.2) is 6.07 Å². The van der Waals surface area contributed by atoms with Crippen molar-refractivity contribution in [3.8, 4) is 0 Å². The average molecular weight is 383 g/mol. The Kier molecular flexibility index (Phi) is 6.11. The van der Waals surface area contributed by atoms with Crippen molar-refractivity contribution in [2.45, 2.75) is 38.1 Å². The maximum Gasteiger partial charge on any atom is 0.281 e. The molecule has 0 aliphatic carbocycles. The number of nitrogens with zero attached hydrogens (tertiary/aromatic N) is 5. The molecule has 0 saturated carbocycles. The molecule has 1 N–H and O–H groups in total. The van der Waals surface area contributed by atoms with Gasteiger partial charge in [0.05, 0.1) is 5.69 Å². The maximum absolute atomic E-state index is 12.9. The summed E-state index contributed by atoms with van der Waals surface area (Å²) in [5.74, 6) is 1.65. The molecule has 1 atom stereocenters. The monoisotopic (exact) mass is 382 g/mol. The van der Waals surface area contributed by atoms with Crippen LogP contribution in [0.1, 0.15) is 43.1 Å². The van der Waals surface area contributed by atoms with E-state index in [0.717, 1.165) is 43.0 Å². The molecule has 0 bridgehead atoms. The molecule has 0 radical (unpaired) electrons. The van der Waals surface area contributed by atoms with Gasteiger partial charge in [0.2, 0.25) is 0 Å². The van der Waals surface area contributed by atoms with Crippen molar-refractivity contribution in [1.82, 2.24) is 23.9 Å². The van der Waals surface area contributed by atoms with Crippen molar-refractivity contribution in [2.24, 2.45) is 0 Å². The van der Waals surface area contributed by atoms with Crippen LogP contribution in [0.4, 0.5) is 5.82 Å². The third-order valence-corrected chi connectivity index (χ3v) is 7.07. The summed E-state index contributed by atoms with van der Waals surface area (Å²) in [6, 6.07) is 1.97. The summed E-state index contributed by atoms with van der Waals surface area (Å²) in [5, 5.41) is 3.13. The highest BCUT2D eigenvalue weighted by molar-refractivity contribution is 7.86. The lowest BCUT2D eigenvalue weighted by atomic mass is 9.98. The lowest BCUT2D eigenvalue weighted by molar-refractivity contribution is 0.287. The van der Waals surface area contributed by atoms with Gasteiger partial charge in [-0.2, -0.15) is 17.0 Å². The third-order valence-electron chi connectivity index (χ3n) is 5.07. The second-order valence-corrected chi connectivity index (χ2v) is 9.24. The molecule has 0 aromatic carbocycles. The molecule has 3 heterocycles. The van der Waals surface area contributed by atoms with Gasteiger partial charge in [-0.05, 0) is 32.7 Å². The minimum atomic E-state index is -3.36. The second kappa shape index (κ2) is 8.16. The summed E-state index contributed by atoms with van der Waals surface area (Å²) in [5.41, 5.74) is 0.931. The van der Waals surface area contributed by atoms with Crippen LogP contribution in [0, 0.1) is 0 Å². The molecule has 2 saturated heterocycles. The second-order valence-electron chi connectivity index (χ2n) is 7.31. The normalized spacial score (nSPS) is 22.7. The van der Waals surface area contributed by atoms with Crippen LogP contribution in [0.25, 0.3) is 0 Å². The predicted molar refractivity (Wildman–Crippen MR) is 102 cm³/mol. The molecule has 0 unspecified atom stereocenters. The Balaban J connectivity index is 1.82. The summed E-state index contributed by atoms with van der Waals surface area (Å²) < 4.78 is 29.1. The topological polar surface area (TPSA) is 81.7 Å². The van der Waals surface area contributed by atoms with Crippen molar-refractivity contribution in [3.05, 3.63) is 17.6 Å². The molecule has 26 heavy (non-hydrogen) atoms. The Bertz CT molecular complexity index is 718. The highest BCUT2D eigenvalue weighted by Gasteiger charge is 2.36. The first-order valence-electron chi connectivity index (χ1n) is 9.37. The number of piperidine rings is 1. The molecule has 9 heteroatoms. The fourth-order valence-electron chi connectivity index (χ4n) is 3.63. The van der Waals surface area contributed by atoms with E-state index in [1.807, 2.05) is 32.1 Å². The molecule has 2 fully saturated rings. The molecule has 146 valence electrons. The molecule has 1 aromatic rings. The van der Waals surface area contributed by atoms with Gasteiger partial charge < -0.3 is 10.2 Å². The maximum atomic E-state index is 12.9. The number of rotatable bonds is 6. The Morgan fingerprint density at radius 2 is 1.85 bits per heavy atom. The molecule has 3 rings (SSSR count). The van der Waals surface area contributed by atoms with E-state index in [1.54, 1.807) is 8.61 Å². The molecular weight excluding hydrogens is 352 g/mol. The third kappa shape index (κ3) is 4.16. The van der Waals surface area contributed by atoms with E-state index in [0.29, 0.717) is 32.7 Å². The average Bonchev–Trinajstić information content (AvgIpc) is 3.17. The van der Waals surface area contributed by atoms with Crippen molar-refractivity contribution in [1.29, 1.82) is 0 Å². The van der Waals surface area contributed by atoms with Crippen molar-refractivity contribution < 1.29 is 8.42 Å². The Morgan fingerprint density at radius 3 is 2.50 bits per heavy atom. The smallest absolute Gasteiger partial charge is 0.281 e. The Morgan fingerprint density at radius 1 is 1.15 bits per heavy atom. The molecule has 2 aliphatic heterocycles. The van der Waals surface area contributed by atoms with E-state index >= 15 is 0 Å². The summed E-state index contributed by atoms with van der Waals surface area (Å²) >= 11 is 0. The standard InChI is InChI=1S/C17H30N6O2S/c1-18-12-15-11-16(21(2)3)20-17(19-15)14-7-6-10-23(13-14)26(24,25)22-8-4-5-9-22/h11,14,18H,4-10,12-13H2,1-3H3/t14-/m1/s1. The largest absolute Gasteiger partial charge is 0.363 e. The van der Waals surface area contributed by atoms with Crippen molar-refractivity contribution >= 4 is 16.0 Å². The molecule has 0 amide bonds. The SMILES string of the molecule is CNCc1cc(N(C)C)nc([C@@H]2CCCN(S(=O)(=O)N3CCCC3)C2)n1. The van der Waals surface area contributed by atoms with Crippen LogP contribution in [0.3, 0.4) is 0 Å². The van der Waals surface area contributed by atoms with Gasteiger partial charge in [-0.15, -0.1) is 0 Å². The first-order chi connectivity index (χ1) is 12.4. The fourth-order valence-corrected chi connectivity index (χ4v) is 5.41. The number of hydrogen-bond acceptors (Lipinski definition) is 6. The van der Waals surface area contributed by atoms with Crippen LogP contribution in [0.2, 0.25) is 0 Å². The Hall–Kier alpha value is -1.29. The minimum absolute atomic E-state index is 0.0386. The highest BCUT2D eigenvalue weighted by atomic mass is 32.2. The van der Waals surface area contributed by atoms with E-state index in [1.165, 1.54) is 0 Å². The summed E-state index contributed by atoms with van der Waals surface area (Å²) in [7, 11) is 2.45. The van der Waals surface area contributed by atoms with E-state index in [-0.39, 0.29) is 5.92 Å². The van der Waals surface area contributed by atoms with Crippen molar-refractivity contribution in [2.75, 3.05) is 52.2 Å². The van der Waals surface area contributed by atoms with Crippen LogP contribution in [0.5, 0.6) is 0 Å². The zero-order chi connectivity index (χ0) is 18.7.